The molecule has 2 N–H and O–H groups in total. The molecule has 2 aromatic rings. The summed E-state index contributed by atoms with van der Waals surface area (Å²) in [5.41, 5.74) is 3.00. The molecule has 0 spiro atoms. The molecule has 0 aliphatic carbocycles. The second kappa shape index (κ2) is 5.87. The number of hydrogen-bond acceptors (Lipinski definition) is 4. The summed E-state index contributed by atoms with van der Waals surface area (Å²) in [5.74, 6) is 0. The van der Waals surface area contributed by atoms with E-state index in [4.69, 9.17) is 0 Å². The first-order valence-electron chi connectivity index (χ1n) is 6.59. The summed E-state index contributed by atoms with van der Waals surface area (Å²) < 4.78 is 27.2. The molecule has 21 heavy (non-hydrogen) atoms. The summed E-state index contributed by atoms with van der Waals surface area (Å²) in [6.45, 7) is 3.62. The van der Waals surface area contributed by atoms with Crippen molar-refractivity contribution in [2.24, 2.45) is 0 Å². The highest BCUT2D eigenvalue weighted by atomic mass is 32.2. The smallest absolute Gasteiger partial charge is 0.244 e. The second-order valence-electron chi connectivity index (χ2n) is 5.15. The molecular weight excluding hydrogens is 288 g/mol. The van der Waals surface area contributed by atoms with E-state index in [0.717, 1.165) is 11.3 Å². The lowest BCUT2D eigenvalue weighted by molar-refractivity contribution is 0.580. The van der Waals surface area contributed by atoms with Gasteiger partial charge in [0.15, 0.2) is 0 Å². The SMILES string of the molecule is Cc1n[nH]c(C)c1S(=O)(=O)NCc1ccc(N(C)C)cc1. The average molecular weight is 308 g/mol. The molecule has 6 nitrogen and oxygen atoms in total. The largest absolute Gasteiger partial charge is 0.378 e. The Labute approximate surface area is 125 Å². The third-order valence-electron chi connectivity index (χ3n) is 3.25. The molecule has 1 heterocycles. The molecule has 0 atom stereocenters. The van der Waals surface area contributed by atoms with Crippen molar-refractivity contribution in [3.8, 4) is 0 Å². The molecule has 0 bridgehead atoms. The van der Waals surface area contributed by atoms with Gasteiger partial charge in [-0.25, -0.2) is 13.1 Å². The molecule has 0 radical (unpaired) electrons. The highest BCUT2D eigenvalue weighted by Crippen LogP contribution is 2.17. The molecule has 0 aliphatic heterocycles. The topological polar surface area (TPSA) is 78.1 Å². The maximum Gasteiger partial charge on any atom is 0.244 e. The molecule has 0 saturated heterocycles. The monoisotopic (exact) mass is 308 g/mol. The number of hydrogen-bond donors (Lipinski definition) is 2. The lowest BCUT2D eigenvalue weighted by Crippen LogP contribution is -2.24. The summed E-state index contributed by atoms with van der Waals surface area (Å²) in [7, 11) is 0.364. The molecule has 1 aromatic heterocycles. The minimum Gasteiger partial charge on any atom is -0.378 e. The van der Waals surface area contributed by atoms with Crippen LogP contribution in [-0.4, -0.2) is 32.7 Å². The van der Waals surface area contributed by atoms with Crippen molar-refractivity contribution in [2.45, 2.75) is 25.3 Å². The van der Waals surface area contributed by atoms with E-state index in [2.05, 4.69) is 14.9 Å². The Morgan fingerprint density at radius 3 is 2.29 bits per heavy atom. The van der Waals surface area contributed by atoms with Gasteiger partial charge in [0, 0.05) is 26.3 Å². The fraction of sp³-hybridized carbons (Fsp3) is 0.357. The quantitative estimate of drug-likeness (QED) is 0.879. The van der Waals surface area contributed by atoms with Crippen LogP contribution in [0.15, 0.2) is 29.2 Å². The van der Waals surface area contributed by atoms with E-state index in [-0.39, 0.29) is 11.4 Å². The van der Waals surface area contributed by atoms with Crippen molar-refractivity contribution in [3.63, 3.8) is 0 Å². The first-order chi connectivity index (χ1) is 9.81. The number of nitrogens with one attached hydrogen (secondary N) is 2. The Kier molecular flexibility index (Phi) is 4.34. The van der Waals surface area contributed by atoms with Crippen LogP contribution in [0.2, 0.25) is 0 Å². The fourth-order valence-electron chi connectivity index (χ4n) is 2.10. The highest BCUT2D eigenvalue weighted by molar-refractivity contribution is 7.89. The van der Waals surface area contributed by atoms with Gasteiger partial charge in [-0.1, -0.05) is 12.1 Å². The Morgan fingerprint density at radius 2 is 1.81 bits per heavy atom. The van der Waals surface area contributed by atoms with Crippen LogP contribution in [0.4, 0.5) is 5.69 Å². The van der Waals surface area contributed by atoms with Gasteiger partial charge in [0.2, 0.25) is 10.0 Å². The third-order valence-corrected chi connectivity index (χ3v) is 4.91. The number of H-pyrrole nitrogens is 1. The molecule has 2 rings (SSSR count). The van der Waals surface area contributed by atoms with Gasteiger partial charge >= 0.3 is 0 Å². The first-order valence-corrected chi connectivity index (χ1v) is 8.07. The number of aryl methyl sites for hydroxylation is 2. The van der Waals surface area contributed by atoms with Gasteiger partial charge in [0.05, 0.1) is 11.4 Å². The zero-order valence-electron chi connectivity index (χ0n) is 12.6. The summed E-state index contributed by atoms with van der Waals surface area (Å²) >= 11 is 0. The molecule has 7 heteroatoms. The normalized spacial score (nSPS) is 11.6. The molecule has 0 saturated carbocycles. The minimum absolute atomic E-state index is 0.229. The van der Waals surface area contributed by atoms with E-state index < -0.39 is 10.0 Å². The van der Waals surface area contributed by atoms with Crippen molar-refractivity contribution in [1.82, 2.24) is 14.9 Å². The van der Waals surface area contributed by atoms with E-state index in [0.29, 0.717) is 11.4 Å². The van der Waals surface area contributed by atoms with Crippen molar-refractivity contribution in [3.05, 3.63) is 41.2 Å². The van der Waals surface area contributed by atoms with Crippen LogP contribution < -0.4 is 9.62 Å². The van der Waals surface area contributed by atoms with Gasteiger partial charge < -0.3 is 4.90 Å². The van der Waals surface area contributed by atoms with Crippen LogP contribution >= 0.6 is 0 Å². The van der Waals surface area contributed by atoms with Gasteiger partial charge in [0.1, 0.15) is 4.90 Å². The maximum absolute atomic E-state index is 12.3. The average Bonchev–Trinajstić information content (AvgIpc) is 2.77. The summed E-state index contributed by atoms with van der Waals surface area (Å²) in [4.78, 5) is 2.22. The molecule has 0 amide bonds. The first kappa shape index (κ1) is 15.5. The van der Waals surface area contributed by atoms with E-state index in [1.165, 1.54) is 0 Å². The number of sulfonamides is 1. The molecule has 114 valence electrons. The minimum atomic E-state index is -3.56. The van der Waals surface area contributed by atoms with Gasteiger partial charge in [-0.2, -0.15) is 5.10 Å². The van der Waals surface area contributed by atoms with Gasteiger partial charge in [-0.15, -0.1) is 0 Å². The number of rotatable bonds is 5. The zero-order valence-corrected chi connectivity index (χ0v) is 13.5. The van der Waals surface area contributed by atoms with E-state index in [1.54, 1.807) is 13.8 Å². The van der Waals surface area contributed by atoms with Crippen molar-refractivity contribution >= 4 is 15.7 Å². The van der Waals surface area contributed by atoms with Crippen LogP contribution in [0.25, 0.3) is 0 Å². The number of aromatic amines is 1. The van der Waals surface area contributed by atoms with Crippen molar-refractivity contribution < 1.29 is 8.42 Å². The molecule has 0 unspecified atom stereocenters. The van der Waals surface area contributed by atoms with Gasteiger partial charge in [-0.3, -0.25) is 5.10 Å². The lowest BCUT2D eigenvalue weighted by Gasteiger charge is -2.13. The molecule has 0 fully saturated rings. The van der Waals surface area contributed by atoms with Crippen LogP contribution in [0.3, 0.4) is 0 Å². The van der Waals surface area contributed by atoms with E-state index in [9.17, 15) is 8.42 Å². The van der Waals surface area contributed by atoms with Crippen LogP contribution in [0.5, 0.6) is 0 Å². The molecular formula is C14H20N4O2S. The third kappa shape index (κ3) is 3.43. The predicted molar refractivity (Wildman–Crippen MR) is 82.9 cm³/mol. The van der Waals surface area contributed by atoms with Crippen molar-refractivity contribution in [2.75, 3.05) is 19.0 Å². The number of benzene rings is 1. The number of anilines is 1. The Hall–Kier alpha value is -1.86. The van der Waals surface area contributed by atoms with Gasteiger partial charge in [-0.05, 0) is 31.5 Å². The van der Waals surface area contributed by atoms with Crippen LogP contribution in [-0.2, 0) is 16.6 Å². The van der Waals surface area contributed by atoms with Crippen LogP contribution in [0, 0.1) is 13.8 Å². The maximum atomic E-state index is 12.3. The summed E-state index contributed by atoms with van der Waals surface area (Å²) in [6.07, 6.45) is 0. The summed E-state index contributed by atoms with van der Waals surface area (Å²) in [5, 5.41) is 6.61. The van der Waals surface area contributed by atoms with Crippen LogP contribution in [0.1, 0.15) is 17.0 Å². The highest BCUT2D eigenvalue weighted by Gasteiger charge is 2.21. The van der Waals surface area contributed by atoms with Gasteiger partial charge in [0.25, 0.3) is 0 Å². The van der Waals surface area contributed by atoms with Crippen molar-refractivity contribution in [1.29, 1.82) is 0 Å². The Bertz CT molecular complexity index is 698. The Balaban J connectivity index is 2.12. The van der Waals surface area contributed by atoms with E-state index in [1.807, 2.05) is 43.3 Å². The van der Waals surface area contributed by atoms with E-state index >= 15 is 0 Å². The fourth-order valence-corrected chi connectivity index (χ4v) is 3.48. The molecule has 1 aromatic carbocycles. The second-order valence-corrected chi connectivity index (χ2v) is 6.85. The summed E-state index contributed by atoms with van der Waals surface area (Å²) in [6, 6.07) is 7.73. The predicted octanol–water partition coefficient (Wildman–Crippen LogP) is 1.57. The number of aromatic nitrogens is 2. The lowest BCUT2D eigenvalue weighted by atomic mass is 10.2. The standard InChI is InChI=1S/C14H20N4O2S/c1-10-14(11(2)17-16-10)21(19,20)15-9-12-5-7-13(8-6-12)18(3)4/h5-8,15H,9H2,1-4H3,(H,16,17). The number of nitrogens with zero attached hydrogens (tertiary/aromatic N) is 2. The zero-order chi connectivity index (χ0) is 15.6. The Morgan fingerprint density at radius 1 is 1.19 bits per heavy atom. The molecule has 0 aliphatic rings.